The molecule has 0 aliphatic rings. The van der Waals surface area contributed by atoms with E-state index in [0.717, 1.165) is 37.0 Å². The number of methoxy groups -OCH3 is 1. The van der Waals surface area contributed by atoms with E-state index in [-0.39, 0.29) is 0 Å². The third-order valence-corrected chi connectivity index (χ3v) is 3.84. The van der Waals surface area contributed by atoms with Gasteiger partial charge in [0, 0.05) is 20.3 Å². The Kier molecular flexibility index (Phi) is 4.67. The number of hydrogen-bond acceptors (Lipinski definition) is 2. The minimum Gasteiger partial charge on any atom is -0.385 e. The van der Waals surface area contributed by atoms with Crippen LogP contribution >= 0.6 is 35.4 Å². The van der Waals surface area contributed by atoms with Crippen LogP contribution in [-0.4, -0.2) is 23.3 Å². The van der Waals surface area contributed by atoms with E-state index in [1.807, 2.05) is 10.6 Å². The molecular formula is C12H14Cl2N2OS. The fourth-order valence-corrected chi connectivity index (χ4v) is 2.51. The summed E-state index contributed by atoms with van der Waals surface area (Å²) in [5.74, 6) is 0. The SMILES string of the molecule is COCCCCn1c(=S)[nH]c2cc(Cl)c(Cl)cc21. The molecule has 2 aromatic rings. The quantitative estimate of drug-likeness (QED) is 0.654. The predicted octanol–water partition coefficient (Wildman–Crippen LogP) is 4.43. The molecule has 0 saturated heterocycles. The summed E-state index contributed by atoms with van der Waals surface area (Å²) in [6, 6.07) is 3.66. The molecule has 6 heteroatoms. The van der Waals surface area contributed by atoms with E-state index in [9.17, 15) is 0 Å². The van der Waals surface area contributed by atoms with Gasteiger partial charge in [-0.25, -0.2) is 0 Å². The second kappa shape index (κ2) is 6.06. The lowest BCUT2D eigenvalue weighted by Gasteiger charge is -2.05. The molecule has 0 unspecified atom stereocenters. The standard InChI is InChI=1S/C12H14Cl2N2OS/c1-17-5-3-2-4-16-11-7-9(14)8(13)6-10(11)15-12(16)18/h6-7H,2-5H2,1H3,(H,15,18). The minimum absolute atomic E-state index is 0.534. The number of imidazole rings is 1. The molecule has 0 atom stereocenters. The molecule has 1 heterocycles. The number of hydrogen-bond donors (Lipinski definition) is 1. The van der Waals surface area contributed by atoms with E-state index in [4.69, 9.17) is 40.2 Å². The summed E-state index contributed by atoms with van der Waals surface area (Å²) in [6.07, 6.45) is 2.02. The van der Waals surface area contributed by atoms with Crippen LogP contribution in [0.15, 0.2) is 12.1 Å². The first-order valence-corrected chi connectivity index (χ1v) is 6.86. The number of ether oxygens (including phenoxy) is 1. The number of aryl methyl sites for hydroxylation is 1. The zero-order valence-electron chi connectivity index (χ0n) is 10.0. The average Bonchev–Trinajstić information content (AvgIpc) is 2.62. The number of unbranched alkanes of at least 4 members (excludes halogenated alkanes) is 1. The normalized spacial score (nSPS) is 11.3. The van der Waals surface area contributed by atoms with Crippen molar-refractivity contribution in [2.45, 2.75) is 19.4 Å². The molecule has 1 aromatic carbocycles. The zero-order chi connectivity index (χ0) is 13.1. The van der Waals surface area contributed by atoms with E-state index in [1.165, 1.54) is 0 Å². The first kappa shape index (κ1) is 13.9. The van der Waals surface area contributed by atoms with Crippen molar-refractivity contribution < 1.29 is 4.74 Å². The number of aromatic nitrogens is 2. The molecule has 0 aliphatic heterocycles. The van der Waals surface area contributed by atoms with Gasteiger partial charge in [-0.2, -0.15) is 0 Å². The molecule has 1 N–H and O–H groups in total. The van der Waals surface area contributed by atoms with Gasteiger partial charge < -0.3 is 14.3 Å². The predicted molar refractivity (Wildman–Crippen MR) is 78.3 cm³/mol. The second-order valence-electron chi connectivity index (χ2n) is 4.07. The number of nitrogens with one attached hydrogen (secondary N) is 1. The Balaban J connectivity index is 2.29. The summed E-state index contributed by atoms with van der Waals surface area (Å²) < 4.78 is 7.77. The lowest BCUT2D eigenvalue weighted by Crippen LogP contribution is -1.99. The van der Waals surface area contributed by atoms with Gasteiger partial charge in [0.05, 0.1) is 21.1 Å². The summed E-state index contributed by atoms with van der Waals surface area (Å²) in [7, 11) is 1.71. The second-order valence-corrected chi connectivity index (χ2v) is 5.27. The first-order valence-electron chi connectivity index (χ1n) is 5.70. The Hall–Kier alpha value is -0.550. The van der Waals surface area contributed by atoms with Crippen LogP contribution in [-0.2, 0) is 11.3 Å². The van der Waals surface area contributed by atoms with Crippen LogP contribution in [0.3, 0.4) is 0 Å². The summed E-state index contributed by atoms with van der Waals surface area (Å²) in [6.45, 7) is 1.61. The molecular weight excluding hydrogens is 291 g/mol. The van der Waals surface area contributed by atoms with E-state index in [2.05, 4.69) is 4.98 Å². The molecule has 1 aromatic heterocycles. The van der Waals surface area contributed by atoms with E-state index in [1.54, 1.807) is 13.2 Å². The maximum Gasteiger partial charge on any atom is 0.178 e. The molecule has 0 saturated carbocycles. The third-order valence-electron chi connectivity index (χ3n) is 2.80. The number of nitrogens with zero attached hydrogens (tertiary/aromatic N) is 1. The number of halogens is 2. The molecule has 0 fully saturated rings. The van der Waals surface area contributed by atoms with E-state index >= 15 is 0 Å². The number of fused-ring (bicyclic) bond motifs is 1. The van der Waals surface area contributed by atoms with Gasteiger partial charge in [0.1, 0.15) is 0 Å². The molecule has 0 amide bonds. The number of rotatable bonds is 5. The zero-order valence-corrected chi connectivity index (χ0v) is 12.3. The van der Waals surface area contributed by atoms with Gasteiger partial charge in [-0.3, -0.25) is 0 Å². The highest BCUT2D eigenvalue weighted by molar-refractivity contribution is 7.71. The summed E-state index contributed by atoms with van der Waals surface area (Å²) in [4.78, 5) is 3.14. The fourth-order valence-electron chi connectivity index (χ4n) is 1.89. The van der Waals surface area contributed by atoms with Gasteiger partial charge in [0.15, 0.2) is 4.77 Å². The Morgan fingerprint density at radius 1 is 1.28 bits per heavy atom. The molecule has 0 radical (unpaired) electrons. The Labute approximate surface area is 121 Å². The maximum atomic E-state index is 6.04. The van der Waals surface area contributed by atoms with Crippen LogP contribution in [0.25, 0.3) is 11.0 Å². The Bertz CT molecular complexity index is 606. The van der Waals surface area contributed by atoms with Crippen LogP contribution < -0.4 is 0 Å². The molecule has 0 spiro atoms. The topological polar surface area (TPSA) is 29.9 Å². The summed E-state index contributed by atoms with van der Waals surface area (Å²) in [5, 5.41) is 1.08. The number of aromatic amines is 1. The molecule has 98 valence electrons. The van der Waals surface area contributed by atoms with Crippen molar-refractivity contribution in [1.29, 1.82) is 0 Å². The third kappa shape index (κ3) is 2.88. The smallest absolute Gasteiger partial charge is 0.178 e. The highest BCUT2D eigenvalue weighted by Crippen LogP contribution is 2.27. The molecule has 0 bridgehead atoms. The lowest BCUT2D eigenvalue weighted by molar-refractivity contribution is 0.191. The average molecular weight is 305 g/mol. The number of benzene rings is 1. The summed E-state index contributed by atoms with van der Waals surface area (Å²) >= 11 is 17.3. The van der Waals surface area contributed by atoms with Crippen LogP contribution in [0.5, 0.6) is 0 Å². The highest BCUT2D eigenvalue weighted by Gasteiger charge is 2.07. The maximum absolute atomic E-state index is 6.04. The molecule has 2 rings (SSSR count). The van der Waals surface area contributed by atoms with Gasteiger partial charge >= 0.3 is 0 Å². The fraction of sp³-hybridized carbons (Fsp3) is 0.417. The monoisotopic (exact) mass is 304 g/mol. The first-order chi connectivity index (χ1) is 8.63. The molecule has 18 heavy (non-hydrogen) atoms. The van der Waals surface area contributed by atoms with Crippen LogP contribution in [0.2, 0.25) is 10.0 Å². The van der Waals surface area contributed by atoms with E-state index < -0.39 is 0 Å². The van der Waals surface area contributed by atoms with Gasteiger partial charge in [-0.05, 0) is 37.2 Å². The van der Waals surface area contributed by atoms with Gasteiger partial charge in [-0.1, -0.05) is 23.2 Å². The van der Waals surface area contributed by atoms with E-state index in [0.29, 0.717) is 14.8 Å². The van der Waals surface area contributed by atoms with Crippen LogP contribution in [0.4, 0.5) is 0 Å². The van der Waals surface area contributed by atoms with Crippen molar-refractivity contribution in [2.24, 2.45) is 0 Å². The minimum atomic E-state index is 0.534. The van der Waals surface area contributed by atoms with Crippen LogP contribution in [0, 0.1) is 4.77 Å². The van der Waals surface area contributed by atoms with Gasteiger partial charge in [0.2, 0.25) is 0 Å². The van der Waals surface area contributed by atoms with Crippen molar-refractivity contribution in [3.05, 3.63) is 26.9 Å². The van der Waals surface area contributed by atoms with Gasteiger partial charge in [-0.15, -0.1) is 0 Å². The lowest BCUT2D eigenvalue weighted by atomic mass is 10.3. The number of H-pyrrole nitrogens is 1. The van der Waals surface area contributed by atoms with Gasteiger partial charge in [0.25, 0.3) is 0 Å². The van der Waals surface area contributed by atoms with Crippen molar-refractivity contribution in [3.8, 4) is 0 Å². The van der Waals surface area contributed by atoms with Crippen LogP contribution in [0.1, 0.15) is 12.8 Å². The summed E-state index contributed by atoms with van der Waals surface area (Å²) in [5.41, 5.74) is 1.91. The van der Waals surface area contributed by atoms with Crippen molar-refractivity contribution >= 4 is 46.5 Å². The Morgan fingerprint density at radius 2 is 2.00 bits per heavy atom. The largest absolute Gasteiger partial charge is 0.385 e. The Morgan fingerprint density at radius 3 is 2.72 bits per heavy atom. The molecule has 3 nitrogen and oxygen atoms in total. The van der Waals surface area contributed by atoms with Crippen molar-refractivity contribution in [2.75, 3.05) is 13.7 Å². The molecule has 0 aliphatic carbocycles. The van der Waals surface area contributed by atoms with Crippen molar-refractivity contribution in [3.63, 3.8) is 0 Å². The van der Waals surface area contributed by atoms with Crippen molar-refractivity contribution in [1.82, 2.24) is 9.55 Å². The highest BCUT2D eigenvalue weighted by atomic mass is 35.5.